The zero-order chi connectivity index (χ0) is 14.9. The van der Waals surface area contributed by atoms with Crippen LogP contribution in [0.3, 0.4) is 0 Å². The van der Waals surface area contributed by atoms with Gasteiger partial charge in [0.15, 0.2) is 5.96 Å². The van der Waals surface area contributed by atoms with Gasteiger partial charge in [-0.1, -0.05) is 31.2 Å². The van der Waals surface area contributed by atoms with Crippen LogP contribution < -0.4 is 10.6 Å². The number of nitrogens with zero attached hydrogens (tertiary/aromatic N) is 1. The molecule has 22 heavy (non-hydrogen) atoms. The molecule has 5 heteroatoms. The molecular formula is C17H24IN3O. The van der Waals surface area contributed by atoms with E-state index in [9.17, 15) is 0 Å². The quantitative estimate of drug-likeness (QED) is 0.434. The van der Waals surface area contributed by atoms with Crippen LogP contribution in [0.1, 0.15) is 23.8 Å². The Balaban J connectivity index is 0.00000242. The SMILES string of the molecule is CCc1ccccc1CNC(=NC)NCCc1ccco1.I. The maximum Gasteiger partial charge on any atom is 0.191 e. The fourth-order valence-electron chi connectivity index (χ4n) is 2.23. The minimum Gasteiger partial charge on any atom is -0.469 e. The Labute approximate surface area is 149 Å². The molecule has 2 rings (SSSR count). The second-order valence-electron chi connectivity index (χ2n) is 4.80. The molecule has 0 aliphatic rings. The Morgan fingerprint density at radius 1 is 1.09 bits per heavy atom. The molecule has 0 saturated carbocycles. The summed E-state index contributed by atoms with van der Waals surface area (Å²) in [6, 6.07) is 12.4. The van der Waals surface area contributed by atoms with E-state index in [1.165, 1.54) is 11.1 Å². The fraction of sp³-hybridized carbons (Fsp3) is 0.353. The number of aliphatic imine (C=N–C) groups is 1. The Kier molecular flexibility index (Phi) is 8.65. The standard InChI is InChI=1S/C17H23N3O.HI/c1-3-14-7-4-5-8-15(14)13-20-17(18-2)19-11-10-16-9-6-12-21-16;/h4-9,12H,3,10-11,13H2,1-2H3,(H2,18,19,20);1H. The Hall–Kier alpha value is -1.50. The maximum atomic E-state index is 5.31. The summed E-state index contributed by atoms with van der Waals surface area (Å²) in [5, 5.41) is 6.64. The Bertz CT molecular complexity index is 567. The highest BCUT2D eigenvalue weighted by atomic mass is 127. The summed E-state index contributed by atoms with van der Waals surface area (Å²) in [6.07, 6.45) is 3.59. The van der Waals surface area contributed by atoms with Crippen LogP contribution in [0.5, 0.6) is 0 Å². The predicted octanol–water partition coefficient (Wildman–Crippen LogP) is 3.37. The van der Waals surface area contributed by atoms with Gasteiger partial charge in [-0.2, -0.15) is 0 Å². The molecule has 0 spiro atoms. The molecule has 2 N–H and O–H groups in total. The lowest BCUT2D eigenvalue weighted by molar-refractivity contribution is 0.507. The summed E-state index contributed by atoms with van der Waals surface area (Å²) in [5.41, 5.74) is 2.69. The molecule has 2 aromatic rings. The molecule has 0 amide bonds. The number of hydrogen-bond acceptors (Lipinski definition) is 2. The lowest BCUT2D eigenvalue weighted by atomic mass is 10.1. The second-order valence-corrected chi connectivity index (χ2v) is 4.80. The van der Waals surface area contributed by atoms with E-state index in [0.717, 1.165) is 37.7 Å². The van der Waals surface area contributed by atoms with Gasteiger partial charge in [-0.3, -0.25) is 4.99 Å². The van der Waals surface area contributed by atoms with Crippen molar-refractivity contribution >= 4 is 29.9 Å². The number of aryl methyl sites for hydroxylation is 1. The van der Waals surface area contributed by atoms with Crippen molar-refractivity contribution in [1.82, 2.24) is 10.6 Å². The topological polar surface area (TPSA) is 49.6 Å². The van der Waals surface area contributed by atoms with Crippen LogP contribution in [-0.4, -0.2) is 19.6 Å². The first kappa shape index (κ1) is 18.5. The molecule has 0 saturated heterocycles. The van der Waals surface area contributed by atoms with Crippen LogP contribution in [0.25, 0.3) is 0 Å². The van der Waals surface area contributed by atoms with Crippen LogP contribution in [0.15, 0.2) is 52.1 Å². The number of rotatable bonds is 6. The third-order valence-corrected chi connectivity index (χ3v) is 3.41. The molecule has 0 bridgehead atoms. The summed E-state index contributed by atoms with van der Waals surface area (Å²) in [4.78, 5) is 4.24. The predicted molar refractivity (Wildman–Crippen MR) is 102 cm³/mol. The van der Waals surface area contributed by atoms with E-state index in [4.69, 9.17) is 4.42 Å². The van der Waals surface area contributed by atoms with Crippen LogP contribution in [0.4, 0.5) is 0 Å². The van der Waals surface area contributed by atoms with E-state index in [2.05, 4.69) is 46.8 Å². The lowest BCUT2D eigenvalue weighted by Gasteiger charge is -2.13. The van der Waals surface area contributed by atoms with Crippen molar-refractivity contribution < 1.29 is 4.42 Å². The minimum atomic E-state index is 0. The minimum absolute atomic E-state index is 0. The molecule has 0 atom stereocenters. The zero-order valence-corrected chi connectivity index (χ0v) is 15.5. The lowest BCUT2D eigenvalue weighted by Crippen LogP contribution is -2.38. The van der Waals surface area contributed by atoms with Gasteiger partial charge in [-0.15, -0.1) is 24.0 Å². The number of nitrogens with one attached hydrogen (secondary N) is 2. The van der Waals surface area contributed by atoms with Crippen LogP contribution >= 0.6 is 24.0 Å². The van der Waals surface area contributed by atoms with E-state index in [-0.39, 0.29) is 24.0 Å². The molecule has 0 radical (unpaired) electrons. The third kappa shape index (κ3) is 5.71. The van der Waals surface area contributed by atoms with Crippen molar-refractivity contribution in [3.8, 4) is 0 Å². The van der Waals surface area contributed by atoms with Gasteiger partial charge in [-0.05, 0) is 29.7 Å². The molecule has 1 heterocycles. The summed E-state index contributed by atoms with van der Waals surface area (Å²) in [5.74, 6) is 1.79. The van der Waals surface area contributed by atoms with Gasteiger partial charge in [-0.25, -0.2) is 0 Å². The van der Waals surface area contributed by atoms with Gasteiger partial charge in [0, 0.05) is 26.6 Å². The van der Waals surface area contributed by atoms with Gasteiger partial charge in [0.05, 0.1) is 6.26 Å². The molecule has 1 aromatic heterocycles. The molecule has 0 fully saturated rings. The van der Waals surface area contributed by atoms with E-state index < -0.39 is 0 Å². The van der Waals surface area contributed by atoms with E-state index in [1.807, 2.05) is 12.1 Å². The Morgan fingerprint density at radius 3 is 2.50 bits per heavy atom. The average molecular weight is 413 g/mol. The number of benzene rings is 1. The highest BCUT2D eigenvalue weighted by molar-refractivity contribution is 14.0. The van der Waals surface area contributed by atoms with Gasteiger partial charge in [0.1, 0.15) is 5.76 Å². The van der Waals surface area contributed by atoms with Crippen LogP contribution in [0.2, 0.25) is 0 Å². The summed E-state index contributed by atoms with van der Waals surface area (Å²) >= 11 is 0. The first-order valence-corrected chi connectivity index (χ1v) is 7.37. The molecule has 120 valence electrons. The molecule has 0 aliphatic carbocycles. The number of guanidine groups is 1. The molecule has 4 nitrogen and oxygen atoms in total. The number of halogens is 1. The van der Waals surface area contributed by atoms with E-state index >= 15 is 0 Å². The van der Waals surface area contributed by atoms with Crippen molar-refractivity contribution in [3.05, 3.63) is 59.5 Å². The molecule has 0 unspecified atom stereocenters. The fourth-order valence-corrected chi connectivity index (χ4v) is 2.23. The molecule has 0 aliphatic heterocycles. The van der Waals surface area contributed by atoms with E-state index in [0.29, 0.717) is 0 Å². The zero-order valence-electron chi connectivity index (χ0n) is 13.1. The summed E-state index contributed by atoms with van der Waals surface area (Å²) < 4.78 is 5.31. The van der Waals surface area contributed by atoms with E-state index in [1.54, 1.807) is 13.3 Å². The van der Waals surface area contributed by atoms with Gasteiger partial charge in [0.2, 0.25) is 0 Å². The highest BCUT2D eigenvalue weighted by Gasteiger charge is 2.02. The maximum absolute atomic E-state index is 5.31. The van der Waals surface area contributed by atoms with Gasteiger partial charge < -0.3 is 15.1 Å². The first-order valence-electron chi connectivity index (χ1n) is 7.37. The summed E-state index contributed by atoms with van der Waals surface area (Å²) in [6.45, 7) is 3.75. The van der Waals surface area contributed by atoms with Gasteiger partial charge >= 0.3 is 0 Å². The number of hydrogen-bond donors (Lipinski definition) is 2. The van der Waals surface area contributed by atoms with Crippen molar-refractivity contribution in [1.29, 1.82) is 0 Å². The largest absolute Gasteiger partial charge is 0.469 e. The third-order valence-electron chi connectivity index (χ3n) is 3.41. The first-order chi connectivity index (χ1) is 10.3. The van der Waals surface area contributed by atoms with Crippen LogP contribution in [0, 0.1) is 0 Å². The smallest absolute Gasteiger partial charge is 0.191 e. The average Bonchev–Trinajstić information content (AvgIpc) is 3.04. The van der Waals surface area contributed by atoms with Crippen LogP contribution in [-0.2, 0) is 19.4 Å². The van der Waals surface area contributed by atoms with Crippen molar-refractivity contribution in [2.24, 2.45) is 4.99 Å². The number of furan rings is 1. The van der Waals surface area contributed by atoms with Gasteiger partial charge in [0.25, 0.3) is 0 Å². The van der Waals surface area contributed by atoms with Crippen molar-refractivity contribution in [3.63, 3.8) is 0 Å². The second kappa shape index (κ2) is 10.3. The molecular weight excluding hydrogens is 389 g/mol. The van der Waals surface area contributed by atoms with Crippen molar-refractivity contribution in [2.75, 3.05) is 13.6 Å². The Morgan fingerprint density at radius 2 is 1.86 bits per heavy atom. The van der Waals surface area contributed by atoms with Crippen molar-refractivity contribution in [2.45, 2.75) is 26.3 Å². The highest BCUT2D eigenvalue weighted by Crippen LogP contribution is 2.08. The molecule has 1 aromatic carbocycles. The normalized spacial score (nSPS) is 10.9. The summed E-state index contributed by atoms with van der Waals surface area (Å²) in [7, 11) is 1.79. The monoisotopic (exact) mass is 413 g/mol.